The molecule has 0 aliphatic carbocycles. The number of amides is 1. The predicted octanol–water partition coefficient (Wildman–Crippen LogP) is 6.88. The zero-order chi connectivity index (χ0) is 23.7. The number of anilines is 1. The number of carbonyl (C=O) groups is 1. The molecule has 0 unspecified atom stereocenters. The fraction of sp³-hybridized carbons (Fsp3) is 0.115. The normalized spacial score (nSPS) is 11.6. The molecule has 1 amide bonds. The van der Waals surface area contributed by atoms with Crippen LogP contribution in [-0.4, -0.2) is 13.0 Å². The number of rotatable bonds is 5. The lowest BCUT2D eigenvalue weighted by Gasteiger charge is -2.13. The number of allylic oxidation sites excluding steroid dienone is 1. The van der Waals surface area contributed by atoms with E-state index in [9.17, 15) is 18.0 Å². The van der Waals surface area contributed by atoms with E-state index in [0.29, 0.717) is 28.5 Å². The molecule has 4 aromatic rings. The van der Waals surface area contributed by atoms with Gasteiger partial charge < -0.3 is 14.5 Å². The Balaban J connectivity index is 1.75. The largest absolute Gasteiger partial charge is 0.496 e. The molecule has 1 N–H and O–H groups in total. The van der Waals surface area contributed by atoms with E-state index in [1.165, 1.54) is 25.3 Å². The van der Waals surface area contributed by atoms with Crippen molar-refractivity contribution in [2.75, 3.05) is 12.4 Å². The first-order valence-electron chi connectivity index (χ1n) is 10.1. The Labute approximate surface area is 188 Å². The van der Waals surface area contributed by atoms with Crippen LogP contribution >= 0.6 is 0 Å². The van der Waals surface area contributed by atoms with E-state index in [4.69, 9.17) is 9.15 Å². The minimum atomic E-state index is -0.869. The van der Waals surface area contributed by atoms with E-state index >= 15 is 0 Å². The lowest BCUT2D eigenvalue weighted by atomic mass is 9.96. The quantitative estimate of drug-likeness (QED) is 0.337. The summed E-state index contributed by atoms with van der Waals surface area (Å²) in [6.45, 7) is 3.56. The molecule has 0 bridgehead atoms. The van der Waals surface area contributed by atoms with Gasteiger partial charge in [-0.15, -0.1) is 0 Å². The summed E-state index contributed by atoms with van der Waals surface area (Å²) < 4.78 is 51.7. The number of hydrogen-bond donors (Lipinski definition) is 1. The van der Waals surface area contributed by atoms with Crippen molar-refractivity contribution in [2.45, 2.75) is 13.8 Å². The highest BCUT2D eigenvalue weighted by atomic mass is 19.1. The third-order valence-corrected chi connectivity index (χ3v) is 5.36. The van der Waals surface area contributed by atoms with Gasteiger partial charge in [0.2, 0.25) is 5.91 Å². The maximum absolute atomic E-state index is 13.9. The first kappa shape index (κ1) is 22.2. The molecule has 0 fully saturated rings. The van der Waals surface area contributed by atoms with Crippen LogP contribution in [0.4, 0.5) is 18.9 Å². The Kier molecular flexibility index (Phi) is 5.96. The SMILES string of the molecule is COc1c(/C(C)=C/C(=O)Nc2ccc(F)cc2F)cc2c(-c3ccc(F)cc3)coc2c1C. The summed E-state index contributed by atoms with van der Waals surface area (Å²) in [7, 11) is 1.52. The zero-order valence-electron chi connectivity index (χ0n) is 18.1. The maximum atomic E-state index is 13.9. The molecule has 4 nitrogen and oxygen atoms in total. The van der Waals surface area contributed by atoms with Crippen LogP contribution in [0.2, 0.25) is 0 Å². The molecule has 1 aromatic heterocycles. The maximum Gasteiger partial charge on any atom is 0.248 e. The van der Waals surface area contributed by atoms with Crippen molar-refractivity contribution in [3.8, 4) is 16.9 Å². The smallest absolute Gasteiger partial charge is 0.248 e. The van der Waals surface area contributed by atoms with Crippen molar-refractivity contribution in [3.05, 3.63) is 89.4 Å². The second-order valence-corrected chi connectivity index (χ2v) is 7.56. The monoisotopic (exact) mass is 451 g/mol. The van der Waals surface area contributed by atoms with E-state index in [-0.39, 0.29) is 11.5 Å². The molecule has 0 spiro atoms. The number of fused-ring (bicyclic) bond motifs is 1. The summed E-state index contributed by atoms with van der Waals surface area (Å²) in [6.07, 6.45) is 2.90. The van der Waals surface area contributed by atoms with Crippen LogP contribution in [0, 0.1) is 24.4 Å². The van der Waals surface area contributed by atoms with Crippen molar-refractivity contribution >= 4 is 28.1 Å². The second-order valence-electron chi connectivity index (χ2n) is 7.56. The number of halogens is 3. The van der Waals surface area contributed by atoms with Crippen LogP contribution in [-0.2, 0) is 4.79 Å². The lowest BCUT2D eigenvalue weighted by molar-refractivity contribution is -0.111. The van der Waals surface area contributed by atoms with Gasteiger partial charge in [-0.3, -0.25) is 4.79 Å². The highest BCUT2D eigenvalue weighted by Gasteiger charge is 2.19. The third kappa shape index (κ3) is 4.35. The molecule has 0 atom stereocenters. The Morgan fingerprint density at radius 3 is 2.39 bits per heavy atom. The van der Waals surface area contributed by atoms with Crippen LogP contribution in [0.3, 0.4) is 0 Å². The van der Waals surface area contributed by atoms with Crippen LogP contribution in [0.25, 0.3) is 27.7 Å². The first-order valence-corrected chi connectivity index (χ1v) is 10.1. The lowest BCUT2D eigenvalue weighted by Crippen LogP contribution is -2.10. The number of furan rings is 1. The molecule has 0 saturated heterocycles. The van der Waals surface area contributed by atoms with Gasteiger partial charge >= 0.3 is 0 Å². The average molecular weight is 451 g/mol. The van der Waals surface area contributed by atoms with Crippen molar-refractivity contribution < 1.29 is 27.1 Å². The first-order chi connectivity index (χ1) is 15.8. The molecule has 33 heavy (non-hydrogen) atoms. The molecule has 3 aromatic carbocycles. The molecule has 168 valence electrons. The van der Waals surface area contributed by atoms with Crippen molar-refractivity contribution in [1.29, 1.82) is 0 Å². The van der Waals surface area contributed by atoms with Gasteiger partial charge in [0, 0.05) is 34.2 Å². The van der Waals surface area contributed by atoms with Crippen LogP contribution in [0.5, 0.6) is 5.75 Å². The number of ether oxygens (including phenoxy) is 1. The molecule has 0 aliphatic heterocycles. The van der Waals surface area contributed by atoms with Gasteiger partial charge in [0.05, 0.1) is 19.1 Å². The predicted molar refractivity (Wildman–Crippen MR) is 122 cm³/mol. The number of benzene rings is 3. The summed E-state index contributed by atoms with van der Waals surface area (Å²) in [5.41, 5.74) is 3.96. The number of hydrogen-bond acceptors (Lipinski definition) is 3. The summed E-state index contributed by atoms with van der Waals surface area (Å²) in [6, 6.07) is 10.8. The highest BCUT2D eigenvalue weighted by Crippen LogP contribution is 2.40. The third-order valence-electron chi connectivity index (χ3n) is 5.36. The van der Waals surface area contributed by atoms with Crippen molar-refractivity contribution in [3.63, 3.8) is 0 Å². The number of carbonyl (C=O) groups excluding carboxylic acids is 1. The number of aryl methyl sites for hydroxylation is 1. The minimum Gasteiger partial charge on any atom is -0.496 e. The molecule has 4 rings (SSSR count). The van der Waals surface area contributed by atoms with E-state index in [1.54, 1.807) is 25.3 Å². The van der Waals surface area contributed by atoms with Crippen molar-refractivity contribution in [2.24, 2.45) is 0 Å². The van der Waals surface area contributed by atoms with Crippen LogP contribution in [0.15, 0.2) is 65.3 Å². The number of methoxy groups -OCH3 is 1. The molecule has 0 radical (unpaired) electrons. The highest BCUT2D eigenvalue weighted by molar-refractivity contribution is 6.06. The van der Waals surface area contributed by atoms with Gasteiger partial charge in [0.1, 0.15) is 28.8 Å². The van der Waals surface area contributed by atoms with Gasteiger partial charge in [-0.1, -0.05) is 12.1 Å². The standard InChI is InChI=1S/C26H20F3NO3/c1-14(10-24(31)30-23-9-8-18(28)11-22(23)29)19-12-20-21(16-4-6-17(27)7-5-16)13-33-26(20)15(2)25(19)32-3/h4-13H,1-3H3,(H,30,31)/b14-10+. The molecule has 0 saturated carbocycles. The van der Waals surface area contributed by atoms with E-state index in [2.05, 4.69) is 5.32 Å². The molecular weight excluding hydrogens is 431 g/mol. The Hall–Kier alpha value is -4.00. The van der Waals surface area contributed by atoms with Crippen LogP contribution < -0.4 is 10.1 Å². The summed E-state index contributed by atoms with van der Waals surface area (Å²) in [5, 5.41) is 3.18. The molecule has 7 heteroatoms. The average Bonchev–Trinajstić information content (AvgIpc) is 3.20. The molecule has 0 aliphatic rings. The van der Waals surface area contributed by atoms with Gasteiger partial charge in [-0.05, 0) is 55.3 Å². The molecular formula is C26H20F3NO3. The van der Waals surface area contributed by atoms with Crippen molar-refractivity contribution in [1.82, 2.24) is 0 Å². The summed E-state index contributed by atoms with van der Waals surface area (Å²) in [5.74, 6) is -2.00. The van der Waals surface area contributed by atoms with E-state index in [0.717, 1.165) is 34.2 Å². The van der Waals surface area contributed by atoms with Gasteiger partial charge in [-0.2, -0.15) is 0 Å². The fourth-order valence-electron chi connectivity index (χ4n) is 3.76. The summed E-state index contributed by atoms with van der Waals surface area (Å²) in [4.78, 5) is 12.5. The van der Waals surface area contributed by atoms with E-state index in [1.807, 2.05) is 13.0 Å². The number of nitrogens with one attached hydrogen (secondary N) is 1. The topological polar surface area (TPSA) is 51.5 Å². The Morgan fingerprint density at radius 2 is 1.73 bits per heavy atom. The molecule has 1 heterocycles. The Morgan fingerprint density at radius 1 is 1.03 bits per heavy atom. The van der Waals surface area contributed by atoms with Gasteiger partial charge in [-0.25, -0.2) is 13.2 Å². The summed E-state index contributed by atoms with van der Waals surface area (Å²) >= 11 is 0. The van der Waals surface area contributed by atoms with E-state index < -0.39 is 17.5 Å². The Bertz CT molecular complexity index is 1390. The van der Waals surface area contributed by atoms with Crippen LogP contribution in [0.1, 0.15) is 18.1 Å². The fourth-order valence-corrected chi connectivity index (χ4v) is 3.76. The minimum absolute atomic E-state index is 0.127. The van der Waals surface area contributed by atoms with Gasteiger partial charge in [0.15, 0.2) is 0 Å². The zero-order valence-corrected chi connectivity index (χ0v) is 18.1. The van der Waals surface area contributed by atoms with Gasteiger partial charge in [0.25, 0.3) is 0 Å². The second kappa shape index (κ2) is 8.86.